The largest absolute Gasteiger partial charge is 0.490 e. The lowest BCUT2D eigenvalue weighted by molar-refractivity contribution is -0.146. The fourth-order valence-corrected chi connectivity index (χ4v) is 5.38. The molecule has 1 fully saturated rings. The number of hydrogen-bond acceptors (Lipinski definition) is 8. The maximum Gasteiger partial charge on any atom is 0.310 e. The molecule has 0 amide bonds. The highest BCUT2D eigenvalue weighted by molar-refractivity contribution is 6.32. The van der Waals surface area contributed by atoms with Crippen LogP contribution in [0.4, 0.5) is 11.4 Å². The number of anilines is 2. The predicted molar refractivity (Wildman–Crippen MR) is 201 cm³/mol. The molecule has 1 aromatic carbocycles. The number of aryl methyl sites for hydroxylation is 2. The number of aliphatic hydroxyl groups is 1. The Kier molecular flexibility index (Phi) is 15.7. The number of ether oxygens (including phenoxy) is 2. The number of benzene rings is 1. The molecule has 48 heavy (non-hydrogen) atoms. The highest BCUT2D eigenvalue weighted by Gasteiger charge is 2.30. The van der Waals surface area contributed by atoms with E-state index in [0.717, 1.165) is 65.4 Å². The Hall–Kier alpha value is -3.36. The molecule has 266 valence electrons. The zero-order chi connectivity index (χ0) is 36.2. The molecule has 0 atom stereocenters. The predicted octanol–water partition coefficient (Wildman–Crippen LogP) is 8.85. The molecule has 0 spiro atoms. The third kappa shape index (κ3) is 13.3. The maximum atomic E-state index is 12.8. The summed E-state index contributed by atoms with van der Waals surface area (Å²) < 4.78 is 11.4. The van der Waals surface area contributed by atoms with Gasteiger partial charge in [-0.1, -0.05) is 45.4 Å². The van der Waals surface area contributed by atoms with Gasteiger partial charge in [0, 0.05) is 43.2 Å². The first-order valence-corrected chi connectivity index (χ1v) is 17.5. The van der Waals surface area contributed by atoms with E-state index in [-0.39, 0.29) is 18.5 Å². The van der Waals surface area contributed by atoms with Gasteiger partial charge in [-0.3, -0.25) is 14.8 Å². The second-order valence-electron chi connectivity index (χ2n) is 14.2. The SMILES string of the molecule is CC.CC(C)(C)O.Cc1ccc(OCCN(C)c2ccc(-c3cnc(C)c(CC(=O)OC(C)C)c3N3CCC(C)(C)CC3)nc2)c(Cl)c1. The Morgan fingerprint density at radius 3 is 2.23 bits per heavy atom. The van der Waals surface area contributed by atoms with Crippen LogP contribution in [-0.2, 0) is 16.0 Å². The monoisotopic (exact) mass is 682 g/mol. The van der Waals surface area contributed by atoms with Crippen molar-refractivity contribution in [3.05, 3.63) is 64.6 Å². The number of carbonyl (C=O) groups is 1. The zero-order valence-corrected chi connectivity index (χ0v) is 32.2. The van der Waals surface area contributed by atoms with Crippen LogP contribution in [0.3, 0.4) is 0 Å². The molecule has 9 heteroatoms. The van der Waals surface area contributed by atoms with Crippen molar-refractivity contribution in [1.29, 1.82) is 0 Å². The molecule has 1 saturated heterocycles. The van der Waals surface area contributed by atoms with Crippen molar-refractivity contribution in [2.45, 2.75) is 107 Å². The van der Waals surface area contributed by atoms with Gasteiger partial charge < -0.3 is 24.4 Å². The number of pyridine rings is 2. The van der Waals surface area contributed by atoms with Gasteiger partial charge in [-0.05, 0) is 96.6 Å². The molecule has 3 aromatic rings. The van der Waals surface area contributed by atoms with Crippen molar-refractivity contribution >= 4 is 28.9 Å². The molecule has 2 aromatic heterocycles. The number of likely N-dealkylation sites (N-methyl/N-ethyl adjacent to an activating group) is 1. The number of esters is 1. The normalized spacial score (nSPS) is 13.9. The van der Waals surface area contributed by atoms with E-state index in [1.807, 2.05) is 85.2 Å². The third-order valence-electron chi connectivity index (χ3n) is 7.72. The molecular formula is C39H59ClN4O4. The third-order valence-corrected chi connectivity index (χ3v) is 8.02. The van der Waals surface area contributed by atoms with Crippen molar-refractivity contribution < 1.29 is 19.4 Å². The van der Waals surface area contributed by atoms with Crippen LogP contribution in [0.15, 0.2) is 42.7 Å². The Labute approximate surface area is 294 Å². The van der Waals surface area contributed by atoms with E-state index in [2.05, 4.69) is 29.7 Å². The van der Waals surface area contributed by atoms with Crippen LogP contribution < -0.4 is 14.5 Å². The molecule has 0 saturated carbocycles. The first kappa shape index (κ1) is 40.8. The van der Waals surface area contributed by atoms with Crippen molar-refractivity contribution in [3.8, 4) is 17.0 Å². The van der Waals surface area contributed by atoms with Crippen molar-refractivity contribution in [1.82, 2.24) is 9.97 Å². The maximum absolute atomic E-state index is 12.8. The van der Waals surface area contributed by atoms with E-state index in [0.29, 0.717) is 29.3 Å². The molecule has 1 N–H and O–H groups in total. The van der Waals surface area contributed by atoms with Crippen LogP contribution in [0.2, 0.25) is 5.02 Å². The van der Waals surface area contributed by atoms with E-state index < -0.39 is 5.60 Å². The number of nitrogens with zero attached hydrogens (tertiary/aromatic N) is 4. The minimum atomic E-state index is -0.500. The van der Waals surface area contributed by atoms with E-state index in [1.165, 1.54) is 0 Å². The molecule has 8 nitrogen and oxygen atoms in total. The molecule has 0 radical (unpaired) electrons. The average molecular weight is 683 g/mol. The van der Waals surface area contributed by atoms with Gasteiger partial charge in [-0.25, -0.2) is 0 Å². The van der Waals surface area contributed by atoms with Gasteiger partial charge in [0.1, 0.15) is 12.4 Å². The summed E-state index contributed by atoms with van der Waals surface area (Å²) >= 11 is 6.31. The summed E-state index contributed by atoms with van der Waals surface area (Å²) in [7, 11) is 2.02. The molecule has 3 heterocycles. The van der Waals surface area contributed by atoms with E-state index in [1.54, 1.807) is 20.8 Å². The number of piperidine rings is 1. The van der Waals surface area contributed by atoms with E-state index in [4.69, 9.17) is 36.1 Å². The molecule has 4 rings (SSSR count). The van der Waals surface area contributed by atoms with Gasteiger partial charge in [-0.2, -0.15) is 0 Å². The minimum absolute atomic E-state index is 0.163. The fourth-order valence-electron chi connectivity index (χ4n) is 5.09. The second kappa shape index (κ2) is 18.4. The summed E-state index contributed by atoms with van der Waals surface area (Å²) in [4.78, 5) is 26.8. The lowest BCUT2D eigenvalue weighted by Crippen LogP contribution is -2.38. The van der Waals surface area contributed by atoms with Crippen molar-refractivity contribution in [2.75, 3.05) is 43.1 Å². The summed E-state index contributed by atoms with van der Waals surface area (Å²) in [6.45, 7) is 24.6. The van der Waals surface area contributed by atoms with Crippen LogP contribution in [0.1, 0.15) is 92.0 Å². The molecule has 1 aliphatic rings. The Balaban J connectivity index is 0.00000105. The Morgan fingerprint density at radius 2 is 1.69 bits per heavy atom. The number of halogens is 1. The van der Waals surface area contributed by atoms with Crippen LogP contribution in [-0.4, -0.2) is 66.0 Å². The van der Waals surface area contributed by atoms with Gasteiger partial charge >= 0.3 is 5.97 Å². The lowest BCUT2D eigenvalue weighted by Gasteiger charge is -2.40. The summed E-state index contributed by atoms with van der Waals surface area (Å²) in [6, 6.07) is 9.90. The second-order valence-corrected chi connectivity index (χ2v) is 14.6. The number of hydrogen-bond donors (Lipinski definition) is 1. The first-order chi connectivity index (χ1) is 22.4. The van der Waals surface area contributed by atoms with Crippen LogP contribution >= 0.6 is 11.6 Å². The van der Waals surface area contributed by atoms with Crippen LogP contribution in [0.25, 0.3) is 11.3 Å². The zero-order valence-electron chi connectivity index (χ0n) is 31.4. The highest BCUT2D eigenvalue weighted by atomic mass is 35.5. The molecule has 0 unspecified atom stereocenters. The van der Waals surface area contributed by atoms with Gasteiger partial charge in [0.2, 0.25) is 0 Å². The van der Waals surface area contributed by atoms with Crippen molar-refractivity contribution in [3.63, 3.8) is 0 Å². The smallest absolute Gasteiger partial charge is 0.310 e. The number of aromatic nitrogens is 2. The average Bonchev–Trinajstić information content (AvgIpc) is 2.99. The van der Waals surface area contributed by atoms with Gasteiger partial charge in [0.15, 0.2) is 0 Å². The summed E-state index contributed by atoms with van der Waals surface area (Å²) in [6.07, 6.45) is 5.96. The molecule has 0 bridgehead atoms. The van der Waals surface area contributed by atoms with E-state index in [9.17, 15) is 4.79 Å². The number of carbonyl (C=O) groups excluding carboxylic acids is 1. The first-order valence-electron chi connectivity index (χ1n) is 17.2. The Bertz CT molecular complexity index is 1440. The number of rotatable bonds is 10. The Morgan fingerprint density at radius 1 is 1.06 bits per heavy atom. The lowest BCUT2D eigenvalue weighted by atomic mass is 9.82. The standard InChI is InChI=1S/C33H43ClN4O3.C4H10O.C2H6/c1-22(2)41-31(39)19-26-24(4)35-21-27(32(26)38-14-12-33(5,6)13-15-38)29-10-9-25(20-36-29)37(7)16-17-40-30-11-8-23(3)18-28(30)34;1-4(2,3)5;1-2/h8-11,18,20-22H,12-17,19H2,1-7H3;5H,1-3H3;1-2H3. The molecule has 1 aliphatic heterocycles. The van der Waals surface area contributed by atoms with Gasteiger partial charge in [-0.15, -0.1) is 0 Å². The van der Waals surface area contributed by atoms with Crippen molar-refractivity contribution in [2.24, 2.45) is 5.41 Å². The fraction of sp³-hybridized carbons (Fsp3) is 0.564. The van der Waals surface area contributed by atoms with Gasteiger partial charge in [0.25, 0.3) is 0 Å². The summed E-state index contributed by atoms with van der Waals surface area (Å²) in [5.74, 6) is 0.451. The topological polar surface area (TPSA) is 88.0 Å². The summed E-state index contributed by atoms with van der Waals surface area (Å²) in [5, 5.41) is 9.14. The molecule has 0 aliphatic carbocycles. The highest BCUT2D eigenvalue weighted by Crippen LogP contribution is 2.39. The van der Waals surface area contributed by atoms with E-state index >= 15 is 0 Å². The quantitative estimate of drug-likeness (QED) is 0.212. The molecular weight excluding hydrogens is 624 g/mol. The van der Waals surface area contributed by atoms with Gasteiger partial charge in [0.05, 0.1) is 53.0 Å². The van der Waals surface area contributed by atoms with Crippen LogP contribution in [0, 0.1) is 19.3 Å². The van der Waals surface area contributed by atoms with Crippen LogP contribution in [0.5, 0.6) is 5.75 Å². The minimum Gasteiger partial charge on any atom is -0.490 e. The summed E-state index contributed by atoms with van der Waals surface area (Å²) in [5.41, 5.74) is 6.46.